The maximum absolute atomic E-state index is 13.7. The zero-order chi connectivity index (χ0) is 26.0. The van der Waals surface area contributed by atoms with Gasteiger partial charge in [-0.1, -0.05) is 43.9 Å². The lowest BCUT2D eigenvalue weighted by atomic mass is 9.97. The standard InChI is InChI=1S/C26H30F3N5O2S/c27-26(28,29)25-12-11-23(14-31-25)37(35,36)33-15-20-7-3-4-8-24(20)34(16-21-13-30-18-32-21)22(17-33)10-9-19-5-1-2-6-19/h3-4,7-8,11-14,18-19,22H,1-2,5-6,9-10,15-17H2,(H,30,32)/t22-/m1/s1. The van der Waals surface area contributed by atoms with Gasteiger partial charge in [0.15, 0.2) is 0 Å². The molecule has 3 aromatic rings. The number of benzene rings is 1. The fraction of sp³-hybridized carbons (Fsp3) is 0.462. The Morgan fingerprint density at radius 1 is 1.03 bits per heavy atom. The van der Waals surface area contributed by atoms with Crippen LogP contribution in [0, 0.1) is 5.92 Å². The van der Waals surface area contributed by atoms with Gasteiger partial charge in [-0.25, -0.2) is 13.4 Å². The Bertz CT molecular complexity index is 1290. The highest BCUT2D eigenvalue weighted by atomic mass is 32.2. The predicted octanol–water partition coefficient (Wildman–Crippen LogP) is 5.37. The van der Waals surface area contributed by atoms with E-state index in [1.54, 1.807) is 12.5 Å². The molecule has 1 aliphatic carbocycles. The van der Waals surface area contributed by atoms with Crippen LogP contribution >= 0.6 is 0 Å². The number of sulfonamides is 1. The summed E-state index contributed by atoms with van der Waals surface area (Å²) in [6.45, 7) is 0.889. The van der Waals surface area contributed by atoms with Gasteiger partial charge in [0, 0.05) is 37.2 Å². The molecule has 1 aliphatic heterocycles. The van der Waals surface area contributed by atoms with Crippen molar-refractivity contribution in [2.24, 2.45) is 5.92 Å². The number of nitrogens with zero attached hydrogens (tertiary/aromatic N) is 4. The molecule has 1 atom stereocenters. The molecule has 0 radical (unpaired) electrons. The molecule has 3 heterocycles. The maximum atomic E-state index is 13.7. The molecule has 0 unspecified atom stereocenters. The molecule has 0 bridgehead atoms. The first-order valence-electron chi connectivity index (χ1n) is 12.6. The van der Waals surface area contributed by atoms with Gasteiger partial charge < -0.3 is 9.88 Å². The predicted molar refractivity (Wildman–Crippen MR) is 133 cm³/mol. The molecule has 198 valence electrons. The number of hydrogen-bond acceptors (Lipinski definition) is 5. The number of fused-ring (bicyclic) bond motifs is 1. The summed E-state index contributed by atoms with van der Waals surface area (Å²) in [4.78, 5) is 12.7. The quantitative estimate of drug-likeness (QED) is 0.441. The smallest absolute Gasteiger partial charge is 0.361 e. The van der Waals surface area contributed by atoms with Gasteiger partial charge >= 0.3 is 6.18 Å². The molecule has 11 heteroatoms. The van der Waals surface area contributed by atoms with Crippen LogP contribution in [0.15, 0.2) is 60.0 Å². The molecule has 1 fully saturated rings. The number of rotatable bonds is 7. The van der Waals surface area contributed by atoms with Gasteiger partial charge in [-0.15, -0.1) is 0 Å². The summed E-state index contributed by atoms with van der Waals surface area (Å²) < 4.78 is 67.9. The Hall–Kier alpha value is -2.92. The van der Waals surface area contributed by atoms with Crippen molar-refractivity contribution in [3.05, 3.63) is 72.1 Å². The molecule has 2 aliphatic rings. The lowest BCUT2D eigenvalue weighted by molar-refractivity contribution is -0.141. The van der Waals surface area contributed by atoms with Crippen molar-refractivity contribution in [1.29, 1.82) is 0 Å². The molecule has 5 rings (SSSR count). The van der Waals surface area contributed by atoms with E-state index in [4.69, 9.17) is 0 Å². The van der Waals surface area contributed by atoms with Crippen molar-refractivity contribution < 1.29 is 21.6 Å². The SMILES string of the molecule is O=S(=O)(c1ccc(C(F)(F)F)nc1)N1Cc2ccccc2N(Cc2cnc[nH]2)[C@H](CCC2CCCC2)C1. The highest BCUT2D eigenvalue weighted by Crippen LogP contribution is 2.36. The minimum atomic E-state index is -4.64. The number of H-pyrrole nitrogens is 1. The summed E-state index contributed by atoms with van der Waals surface area (Å²) in [6.07, 6.45) is 6.24. The van der Waals surface area contributed by atoms with Crippen molar-refractivity contribution >= 4 is 15.7 Å². The minimum absolute atomic E-state index is 0.121. The van der Waals surface area contributed by atoms with E-state index >= 15 is 0 Å². The van der Waals surface area contributed by atoms with Gasteiger partial charge in [0.05, 0.1) is 18.6 Å². The number of anilines is 1. The van der Waals surface area contributed by atoms with Crippen molar-refractivity contribution in [2.45, 2.75) is 68.7 Å². The monoisotopic (exact) mass is 533 g/mol. The van der Waals surface area contributed by atoms with Crippen LogP contribution in [0.1, 0.15) is 55.5 Å². The van der Waals surface area contributed by atoms with Crippen LogP contribution in [0.25, 0.3) is 0 Å². The van der Waals surface area contributed by atoms with E-state index in [9.17, 15) is 21.6 Å². The van der Waals surface area contributed by atoms with Crippen LogP contribution in [0.3, 0.4) is 0 Å². The second kappa shape index (κ2) is 10.4. The zero-order valence-corrected chi connectivity index (χ0v) is 21.2. The average Bonchev–Trinajstić information content (AvgIpc) is 3.56. The first-order valence-corrected chi connectivity index (χ1v) is 14.0. The Balaban J connectivity index is 1.49. The Labute approximate surface area is 214 Å². The summed E-state index contributed by atoms with van der Waals surface area (Å²) in [5.74, 6) is 0.636. The number of hydrogen-bond donors (Lipinski definition) is 1. The van der Waals surface area contributed by atoms with Crippen LogP contribution in [0.4, 0.5) is 18.9 Å². The molecule has 0 spiro atoms. The fourth-order valence-electron chi connectivity index (χ4n) is 5.49. The van der Waals surface area contributed by atoms with E-state index in [0.717, 1.165) is 48.1 Å². The summed E-state index contributed by atoms with van der Waals surface area (Å²) >= 11 is 0. The van der Waals surface area contributed by atoms with Crippen LogP contribution < -0.4 is 4.90 Å². The molecule has 2 aromatic heterocycles. The van der Waals surface area contributed by atoms with E-state index in [1.807, 2.05) is 24.3 Å². The van der Waals surface area contributed by atoms with Crippen LogP contribution in [0.2, 0.25) is 0 Å². The normalized spacial score (nSPS) is 19.6. The molecular formula is C26H30F3N5O2S. The number of aromatic amines is 1. The third-order valence-corrected chi connectivity index (χ3v) is 9.24. The Kier molecular flexibility index (Phi) is 7.26. The number of halogens is 3. The number of aromatic nitrogens is 3. The van der Waals surface area contributed by atoms with Crippen molar-refractivity contribution in [1.82, 2.24) is 19.3 Å². The third kappa shape index (κ3) is 5.67. The van der Waals surface area contributed by atoms with E-state index in [-0.39, 0.29) is 24.0 Å². The molecule has 1 saturated carbocycles. The van der Waals surface area contributed by atoms with E-state index in [1.165, 1.54) is 30.0 Å². The van der Waals surface area contributed by atoms with Gasteiger partial charge in [-0.2, -0.15) is 17.5 Å². The van der Waals surface area contributed by atoms with Crippen LogP contribution in [-0.4, -0.2) is 40.3 Å². The van der Waals surface area contributed by atoms with E-state index in [0.29, 0.717) is 12.5 Å². The fourth-order valence-corrected chi connectivity index (χ4v) is 6.89. The summed E-state index contributed by atoms with van der Waals surface area (Å²) in [7, 11) is -4.09. The van der Waals surface area contributed by atoms with Gasteiger partial charge in [0.1, 0.15) is 10.6 Å². The van der Waals surface area contributed by atoms with Gasteiger partial charge in [0.25, 0.3) is 0 Å². The van der Waals surface area contributed by atoms with Crippen LogP contribution in [-0.2, 0) is 29.3 Å². The molecule has 7 nitrogen and oxygen atoms in total. The van der Waals surface area contributed by atoms with E-state index in [2.05, 4.69) is 19.9 Å². The molecule has 1 N–H and O–H groups in total. The number of imidazole rings is 1. The Morgan fingerprint density at radius 3 is 2.49 bits per heavy atom. The third-order valence-electron chi connectivity index (χ3n) is 7.45. The highest BCUT2D eigenvalue weighted by molar-refractivity contribution is 7.89. The number of pyridine rings is 1. The second-order valence-corrected chi connectivity index (χ2v) is 11.8. The second-order valence-electron chi connectivity index (χ2n) is 9.89. The van der Waals surface area contributed by atoms with Crippen molar-refractivity contribution in [3.63, 3.8) is 0 Å². The topological polar surface area (TPSA) is 82.2 Å². The van der Waals surface area contributed by atoms with Crippen molar-refractivity contribution in [2.75, 3.05) is 11.4 Å². The van der Waals surface area contributed by atoms with Gasteiger partial charge in [-0.05, 0) is 42.5 Å². The lowest BCUT2D eigenvalue weighted by Crippen LogP contribution is -2.43. The van der Waals surface area contributed by atoms with Crippen LogP contribution in [0.5, 0.6) is 0 Å². The summed E-state index contributed by atoms with van der Waals surface area (Å²) in [5.41, 5.74) is 1.60. The zero-order valence-electron chi connectivity index (χ0n) is 20.4. The minimum Gasteiger partial charge on any atom is -0.361 e. The van der Waals surface area contributed by atoms with Gasteiger partial charge in [-0.3, -0.25) is 4.98 Å². The molecule has 1 aromatic carbocycles. The lowest BCUT2D eigenvalue weighted by Gasteiger charge is -2.34. The van der Waals surface area contributed by atoms with E-state index < -0.39 is 21.9 Å². The van der Waals surface area contributed by atoms with Gasteiger partial charge in [0.2, 0.25) is 10.0 Å². The number of nitrogens with one attached hydrogen (secondary N) is 1. The molecule has 37 heavy (non-hydrogen) atoms. The first kappa shape index (κ1) is 25.7. The average molecular weight is 534 g/mol. The number of alkyl halides is 3. The summed E-state index contributed by atoms with van der Waals surface area (Å²) in [6, 6.07) is 9.32. The summed E-state index contributed by atoms with van der Waals surface area (Å²) in [5, 5.41) is 0. The maximum Gasteiger partial charge on any atom is 0.433 e. The Morgan fingerprint density at radius 2 is 1.81 bits per heavy atom. The van der Waals surface area contributed by atoms with Crippen molar-refractivity contribution in [3.8, 4) is 0 Å². The number of para-hydroxylation sites is 1. The molecule has 0 amide bonds. The molecular weight excluding hydrogens is 503 g/mol. The first-order chi connectivity index (χ1) is 17.7. The molecule has 0 saturated heterocycles. The largest absolute Gasteiger partial charge is 0.433 e. The highest BCUT2D eigenvalue weighted by Gasteiger charge is 2.37.